The quantitative estimate of drug-likeness (QED) is 0.595. The number of hydrogen-bond donors (Lipinski definition) is 1. The van der Waals surface area contributed by atoms with Crippen LogP contribution in [0.3, 0.4) is 0 Å². The van der Waals surface area contributed by atoms with Crippen LogP contribution in [0.1, 0.15) is 0 Å². The minimum atomic E-state index is -4.54. The van der Waals surface area contributed by atoms with Crippen LogP contribution in [-0.2, 0) is 10.1 Å². The zero-order chi connectivity index (χ0) is 12.6. The van der Waals surface area contributed by atoms with Gasteiger partial charge in [0.25, 0.3) is 0 Å². The molecule has 0 amide bonds. The predicted octanol–water partition coefficient (Wildman–Crippen LogP) is -0.557. The van der Waals surface area contributed by atoms with E-state index in [0.717, 1.165) is 5.69 Å². The third-order valence-corrected chi connectivity index (χ3v) is 3.68. The van der Waals surface area contributed by atoms with Crippen LogP contribution in [0.2, 0.25) is 5.02 Å². The van der Waals surface area contributed by atoms with Crippen LogP contribution in [-0.4, -0.2) is 20.0 Å². The van der Waals surface area contributed by atoms with E-state index in [9.17, 15) is 13.0 Å². The molecule has 0 fully saturated rings. The minimum Gasteiger partial charge on any atom is -0.744 e. The van der Waals surface area contributed by atoms with Crippen LogP contribution in [0.15, 0.2) is 35.2 Å². The molecule has 2 aromatic carbocycles. The van der Waals surface area contributed by atoms with Crippen molar-refractivity contribution in [3.63, 3.8) is 0 Å². The van der Waals surface area contributed by atoms with E-state index in [4.69, 9.17) is 11.6 Å². The average Bonchev–Trinajstić information content (AvgIpc) is 2.28. The number of halogens is 1. The van der Waals surface area contributed by atoms with Crippen molar-refractivity contribution in [2.45, 2.75) is 4.90 Å². The summed E-state index contributed by atoms with van der Waals surface area (Å²) in [5.41, 5.74) is 0.718. The SMILES string of the molecule is CNc1ccc(Cl)c2c(S(=O)(=O)[O-])cccc12.[Na+]. The normalized spacial score (nSPS) is 11.1. The van der Waals surface area contributed by atoms with E-state index in [1.165, 1.54) is 12.1 Å². The smallest absolute Gasteiger partial charge is 0.744 e. The Balaban J connectivity index is 0.00000162. The summed E-state index contributed by atoms with van der Waals surface area (Å²) in [5.74, 6) is 0. The van der Waals surface area contributed by atoms with Crippen molar-refractivity contribution in [3.8, 4) is 0 Å². The Bertz CT molecular complexity index is 688. The molecule has 0 bridgehead atoms. The first-order valence-electron chi connectivity index (χ1n) is 4.80. The third-order valence-electron chi connectivity index (χ3n) is 2.49. The molecule has 90 valence electrons. The van der Waals surface area contributed by atoms with Gasteiger partial charge >= 0.3 is 29.6 Å². The molecule has 0 aromatic heterocycles. The Hall–Kier alpha value is -0.300. The third kappa shape index (κ3) is 2.82. The molecular formula is C11H9ClNNaO3S. The van der Waals surface area contributed by atoms with Crippen molar-refractivity contribution in [2.24, 2.45) is 0 Å². The summed E-state index contributed by atoms with van der Waals surface area (Å²) in [5, 5.41) is 4.03. The van der Waals surface area contributed by atoms with Gasteiger partial charge in [0.15, 0.2) is 0 Å². The van der Waals surface area contributed by atoms with Gasteiger partial charge in [-0.2, -0.15) is 0 Å². The van der Waals surface area contributed by atoms with Crippen molar-refractivity contribution in [2.75, 3.05) is 12.4 Å². The molecule has 18 heavy (non-hydrogen) atoms. The standard InChI is InChI=1S/C11H10ClNO3S.Na/c1-13-9-6-5-8(12)11-7(9)3-2-4-10(11)17(14,15)16;/h2-6,13H,1H3,(H,14,15,16);/q;+1/p-1. The molecule has 0 spiro atoms. The second-order valence-corrected chi connectivity index (χ2v) is 5.23. The van der Waals surface area contributed by atoms with Crippen molar-refractivity contribution in [1.29, 1.82) is 0 Å². The summed E-state index contributed by atoms with van der Waals surface area (Å²) in [6.45, 7) is 0. The minimum absolute atomic E-state index is 0. The van der Waals surface area contributed by atoms with Crippen molar-refractivity contribution in [3.05, 3.63) is 35.4 Å². The molecule has 2 aromatic rings. The van der Waals surface area contributed by atoms with Gasteiger partial charge in [-0.25, -0.2) is 8.42 Å². The van der Waals surface area contributed by atoms with E-state index < -0.39 is 10.1 Å². The fourth-order valence-corrected chi connectivity index (χ4v) is 2.80. The maximum absolute atomic E-state index is 11.2. The van der Waals surface area contributed by atoms with Crippen molar-refractivity contribution in [1.82, 2.24) is 0 Å². The largest absolute Gasteiger partial charge is 1.00 e. The van der Waals surface area contributed by atoms with Crippen LogP contribution in [0.25, 0.3) is 10.8 Å². The van der Waals surface area contributed by atoms with Gasteiger partial charge in [0, 0.05) is 28.5 Å². The molecule has 4 nitrogen and oxygen atoms in total. The summed E-state index contributed by atoms with van der Waals surface area (Å²) < 4.78 is 33.5. The van der Waals surface area contributed by atoms with E-state index in [-0.39, 0.29) is 44.9 Å². The van der Waals surface area contributed by atoms with Crippen molar-refractivity contribution < 1.29 is 42.5 Å². The molecule has 1 N–H and O–H groups in total. The van der Waals surface area contributed by atoms with Crippen LogP contribution in [0.5, 0.6) is 0 Å². The van der Waals surface area contributed by atoms with E-state index >= 15 is 0 Å². The summed E-state index contributed by atoms with van der Waals surface area (Å²) in [7, 11) is -2.83. The molecule has 0 saturated carbocycles. The van der Waals surface area contributed by atoms with Gasteiger partial charge in [0.1, 0.15) is 10.1 Å². The number of rotatable bonds is 2. The van der Waals surface area contributed by atoms with Gasteiger partial charge < -0.3 is 9.87 Å². The van der Waals surface area contributed by atoms with Gasteiger partial charge in [-0.05, 0) is 18.2 Å². The molecule has 0 saturated heterocycles. The summed E-state index contributed by atoms with van der Waals surface area (Å²) >= 11 is 5.97. The fraction of sp³-hybridized carbons (Fsp3) is 0.0909. The van der Waals surface area contributed by atoms with Gasteiger partial charge in [-0.15, -0.1) is 0 Å². The first kappa shape index (κ1) is 15.8. The molecule has 0 atom stereocenters. The first-order valence-corrected chi connectivity index (χ1v) is 6.58. The Kier molecular flexibility index (Phi) is 5.05. The van der Waals surface area contributed by atoms with E-state index in [1.54, 1.807) is 25.2 Å². The molecule has 7 heteroatoms. The summed E-state index contributed by atoms with van der Waals surface area (Å²) in [6, 6.07) is 7.78. The number of nitrogens with one attached hydrogen (secondary N) is 1. The molecule has 0 heterocycles. The van der Waals surface area contributed by atoms with Gasteiger partial charge in [0.05, 0.1) is 4.90 Å². The Morgan fingerprint density at radius 1 is 1.22 bits per heavy atom. The molecule has 0 radical (unpaired) electrons. The number of benzene rings is 2. The van der Waals surface area contributed by atoms with E-state index in [0.29, 0.717) is 5.39 Å². The maximum atomic E-state index is 11.2. The summed E-state index contributed by atoms with van der Waals surface area (Å²) in [4.78, 5) is -0.294. The number of hydrogen-bond acceptors (Lipinski definition) is 4. The zero-order valence-electron chi connectivity index (χ0n) is 9.90. The van der Waals surface area contributed by atoms with E-state index in [1.807, 2.05) is 0 Å². The van der Waals surface area contributed by atoms with Crippen LogP contribution >= 0.6 is 11.6 Å². The number of fused-ring (bicyclic) bond motifs is 1. The first-order chi connectivity index (χ1) is 7.95. The molecule has 0 unspecified atom stereocenters. The molecule has 2 rings (SSSR count). The van der Waals surface area contributed by atoms with Gasteiger partial charge in [0.2, 0.25) is 0 Å². The second-order valence-electron chi connectivity index (χ2n) is 3.48. The molecule has 0 aliphatic carbocycles. The second kappa shape index (κ2) is 5.77. The van der Waals surface area contributed by atoms with E-state index in [2.05, 4.69) is 5.32 Å². The zero-order valence-corrected chi connectivity index (χ0v) is 13.5. The monoisotopic (exact) mass is 293 g/mol. The molecular weight excluding hydrogens is 285 g/mol. The molecule has 0 aliphatic rings. The van der Waals surface area contributed by atoms with Gasteiger partial charge in [-0.3, -0.25) is 0 Å². The molecule has 0 aliphatic heterocycles. The number of anilines is 1. The van der Waals surface area contributed by atoms with Crippen LogP contribution in [0.4, 0.5) is 5.69 Å². The maximum Gasteiger partial charge on any atom is 1.00 e. The van der Waals surface area contributed by atoms with Gasteiger partial charge in [-0.1, -0.05) is 23.7 Å². The fourth-order valence-electron chi connectivity index (χ4n) is 1.76. The summed E-state index contributed by atoms with van der Waals surface area (Å²) in [6.07, 6.45) is 0. The van der Waals surface area contributed by atoms with Crippen LogP contribution in [0, 0.1) is 0 Å². The van der Waals surface area contributed by atoms with Crippen LogP contribution < -0.4 is 34.9 Å². The van der Waals surface area contributed by atoms with Crippen molar-refractivity contribution >= 4 is 38.2 Å². The average molecular weight is 294 g/mol. The topological polar surface area (TPSA) is 69.2 Å². The Labute approximate surface area is 132 Å². The Morgan fingerprint density at radius 3 is 2.44 bits per heavy atom. The Morgan fingerprint density at radius 2 is 1.89 bits per heavy atom. The predicted molar refractivity (Wildman–Crippen MR) is 66.5 cm³/mol.